The molecule has 10 heteroatoms. The van der Waals surface area contributed by atoms with Crippen molar-refractivity contribution in [1.29, 1.82) is 0 Å². The zero-order valence-electron chi connectivity index (χ0n) is 45.0. The standard InChI is InChI=1S/2C37H24N2O3/c2*40-37(25-17-21-27(22-18-25)38-29-9-1-5-13-33(29)41-34-14-6-2-10-30(34)38)26-19-23-28(24-20-26)39-31-11-3-7-15-35(31)42-36-16-8-4-12-32(36)39/h2*1-24H. The number of hydrogen-bond acceptors (Lipinski definition) is 10. The van der Waals surface area contributed by atoms with Crippen LogP contribution in [0.5, 0.6) is 46.0 Å². The maximum atomic E-state index is 13.5. The number of hydrogen-bond donors (Lipinski definition) is 0. The third kappa shape index (κ3) is 8.78. The molecule has 12 aromatic rings. The van der Waals surface area contributed by atoms with E-state index in [9.17, 15) is 9.59 Å². The van der Waals surface area contributed by atoms with Gasteiger partial charge in [-0.05, 0) is 194 Å². The van der Waals surface area contributed by atoms with Crippen molar-refractivity contribution in [1.82, 2.24) is 0 Å². The Hall–Kier alpha value is -11.6. The van der Waals surface area contributed by atoms with Crippen LogP contribution in [0.2, 0.25) is 0 Å². The summed E-state index contributed by atoms with van der Waals surface area (Å²) < 4.78 is 24.5. The smallest absolute Gasteiger partial charge is 0.193 e. The van der Waals surface area contributed by atoms with Gasteiger partial charge in [-0.3, -0.25) is 9.59 Å². The van der Waals surface area contributed by atoms with Gasteiger partial charge in [-0.25, -0.2) is 0 Å². The molecule has 0 spiro atoms. The average Bonchev–Trinajstić information content (AvgIpc) is 3.60. The molecule has 0 bridgehead atoms. The fourth-order valence-electron chi connectivity index (χ4n) is 11.3. The van der Waals surface area contributed by atoms with Gasteiger partial charge < -0.3 is 38.5 Å². The lowest BCUT2D eigenvalue weighted by atomic mass is 10.0. The molecule has 0 saturated heterocycles. The molecule has 0 aromatic heterocycles. The number of benzene rings is 12. The van der Waals surface area contributed by atoms with Crippen molar-refractivity contribution in [3.8, 4) is 46.0 Å². The lowest BCUT2D eigenvalue weighted by Crippen LogP contribution is -2.16. The highest BCUT2D eigenvalue weighted by molar-refractivity contribution is 6.10. The molecular formula is C74H48N4O6. The number of fused-ring (bicyclic) bond motifs is 8. The first kappa shape index (κ1) is 49.4. The number of carbonyl (C=O) groups is 2. The summed E-state index contributed by atoms with van der Waals surface area (Å²) in [5.41, 5.74) is 14.0. The highest BCUT2D eigenvalue weighted by Gasteiger charge is 2.30. The quantitative estimate of drug-likeness (QED) is 0.137. The van der Waals surface area contributed by atoms with Crippen molar-refractivity contribution >= 4 is 79.8 Å². The predicted molar refractivity (Wildman–Crippen MR) is 332 cm³/mol. The van der Waals surface area contributed by atoms with Crippen LogP contribution in [0.3, 0.4) is 0 Å². The van der Waals surface area contributed by atoms with Gasteiger partial charge in [-0.15, -0.1) is 0 Å². The van der Waals surface area contributed by atoms with Crippen LogP contribution in [-0.4, -0.2) is 11.6 Å². The van der Waals surface area contributed by atoms with Crippen molar-refractivity contribution in [3.63, 3.8) is 0 Å². The second-order valence-corrected chi connectivity index (χ2v) is 20.3. The number of ether oxygens (including phenoxy) is 4. The Morgan fingerprint density at radius 2 is 0.333 bits per heavy atom. The average molecular weight is 1090 g/mol. The van der Waals surface area contributed by atoms with Crippen LogP contribution in [0, 0.1) is 0 Å². The molecule has 0 saturated carbocycles. The Morgan fingerprint density at radius 3 is 0.488 bits per heavy atom. The van der Waals surface area contributed by atoms with E-state index in [0.717, 1.165) is 114 Å². The Labute approximate surface area is 485 Å². The topological polar surface area (TPSA) is 84.0 Å². The van der Waals surface area contributed by atoms with Gasteiger partial charge in [0.05, 0.1) is 45.5 Å². The van der Waals surface area contributed by atoms with Gasteiger partial charge in [0.25, 0.3) is 0 Å². The molecule has 0 radical (unpaired) electrons. The number of nitrogens with zero attached hydrogens (tertiary/aromatic N) is 4. The van der Waals surface area contributed by atoms with Crippen LogP contribution < -0.4 is 38.5 Å². The molecule has 400 valence electrons. The van der Waals surface area contributed by atoms with Gasteiger partial charge in [0.2, 0.25) is 0 Å². The number of para-hydroxylation sites is 16. The monoisotopic (exact) mass is 1090 g/mol. The molecule has 12 aromatic carbocycles. The lowest BCUT2D eigenvalue weighted by Gasteiger charge is -2.32. The first-order chi connectivity index (χ1) is 41.5. The Morgan fingerprint density at radius 1 is 0.190 bits per heavy atom. The molecule has 4 aliphatic rings. The van der Waals surface area contributed by atoms with E-state index in [1.165, 1.54) is 0 Å². The largest absolute Gasteiger partial charge is 0.453 e. The van der Waals surface area contributed by atoms with E-state index in [1.54, 1.807) is 0 Å². The van der Waals surface area contributed by atoms with Crippen molar-refractivity contribution in [2.45, 2.75) is 0 Å². The summed E-state index contributed by atoms with van der Waals surface area (Å²) in [5, 5.41) is 0. The van der Waals surface area contributed by atoms with Crippen LogP contribution in [0.1, 0.15) is 31.8 Å². The van der Waals surface area contributed by atoms with Crippen molar-refractivity contribution < 1.29 is 28.5 Å². The number of carbonyl (C=O) groups excluding carboxylic acids is 2. The molecule has 0 atom stereocenters. The molecule has 4 aliphatic heterocycles. The third-order valence-electron chi connectivity index (χ3n) is 15.3. The summed E-state index contributed by atoms with van der Waals surface area (Å²) in [6.07, 6.45) is 0. The van der Waals surface area contributed by atoms with E-state index in [4.69, 9.17) is 18.9 Å². The normalized spacial score (nSPS) is 12.7. The molecule has 0 fully saturated rings. The van der Waals surface area contributed by atoms with Crippen LogP contribution >= 0.6 is 0 Å². The molecule has 4 heterocycles. The van der Waals surface area contributed by atoms with Gasteiger partial charge in [0.1, 0.15) is 0 Å². The van der Waals surface area contributed by atoms with E-state index in [1.807, 2.05) is 291 Å². The summed E-state index contributed by atoms with van der Waals surface area (Å²) in [6.45, 7) is 0. The van der Waals surface area contributed by atoms with E-state index < -0.39 is 0 Å². The summed E-state index contributed by atoms with van der Waals surface area (Å²) in [7, 11) is 0. The number of rotatable bonds is 8. The minimum atomic E-state index is -0.0290. The molecule has 84 heavy (non-hydrogen) atoms. The lowest BCUT2D eigenvalue weighted by molar-refractivity contribution is 0.103. The van der Waals surface area contributed by atoms with E-state index >= 15 is 0 Å². The molecule has 0 amide bonds. The fourth-order valence-corrected chi connectivity index (χ4v) is 11.3. The van der Waals surface area contributed by atoms with Gasteiger partial charge in [0, 0.05) is 45.0 Å². The fraction of sp³-hybridized carbons (Fsp3) is 0. The molecule has 10 nitrogen and oxygen atoms in total. The van der Waals surface area contributed by atoms with Crippen LogP contribution in [0.4, 0.5) is 68.2 Å². The Kier molecular flexibility index (Phi) is 12.2. The summed E-state index contributed by atoms with van der Waals surface area (Å²) in [4.78, 5) is 35.7. The van der Waals surface area contributed by atoms with Crippen molar-refractivity contribution in [2.24, 2.45) is 0 Å². The number of ketones is 2. The zero-order chi connectivity index (χ0) is 56.1. The second-order valence-electron chi connectivity index (χ2n) is 20.3. The maximum absolute atomic E-state index is 13.5. The van der Waals surface area contributed by atoms with E-state index in [0.29, 0.717) is 22.3 Å². The third-order valence-corrected chi connectivity index (χ3v) is 15.3. The summed E-state index contributed by atoms with van der Waals surface area (Å²) in [5.74, 6) is 6.29. The van der Waals surface area contributed by atoms with Crippen LogP contribution in [-0.2, 0) is 0 Å². The molecular weight excluding hydrogens is 1040 g/mol. The van der Waals surface area contributed by atoms with Gasteiger partial charge in [-0.2, -0.15) is 0 Å². The highest BCUT2D eigenvalue weighted by atomic mass is 16.5. The maximum Gasteiger partial charge on any atom is 0.193 e. The van der Waals surface area contributed by atoms with Gasteiger partial charge in [0.15, 0.2) is 57.6 Å². The predicted octanol–water partition coefficient (Wildman–Crippen LogP) is 20.1. The van der Waals surface area contributed by atoms with Gasteiger partial charge >= 0.3 is 0 Å². The molecule has 0 N–H and O–H groups in total. The summed E-state index contributed by atoms with van der Waals surface area (Å²) >= 11 is 0. The van der Waals surface area contributed by atoms with Crippen molar-refractivity contribution in [2.75, 3.05) is 19.6 Å². The summed E-state index contributed by atoms with van der Waals surface area (Å²) in [6, 6.07) is 94.8. The van der Waals surface area contributed by atoms with E-state index in [2.05, 4.69) is 19.6 Å². The Bertz CT molecular complexity index is 3750. The first-order valence-electron chi connectivity index (χ1n) is 27.6. The second kappa shape index (κ2) is 20.8. The van der Waals surface area contributed by atoms with E-state index in [-0.39, 0.29) is 11.6 Å². The Balaban J connectivity index is 0.000000143. The minimum Gasteiger partial charge on any atom is -0.453 e. The minimum absolute atomic E-state index is 0.0290. The number of anilines is 12. The zero-order valence-corrected chi connectivity index (χ0v) is 45.0. The molecule has 0 unspecified atom stereocenters. The van der Waals surface area contributed by atoms with Crippen molar-refractivity contribution in [3.05, 3.63) is 313 Å². The van der Waals surface area contributed by atoms with Crippen LogP contribution in [0.25, 0.3) is 0 Å². The molecule has 16 rings (SSSR count). The van der Waals surface area contributed by atoms with Gasteiger partial charge in [-0.1, -0.05) is 97.1 Å². The molecule has 0 aliphatic carbocycles. The first-order valence-corrected chi connectivity index (χ1v) is 27.6. The van der Waals surface area contributed by atoms with Crippen LogP contribution in [0.15, 0.2) is 291 Å². The highest BCUT2D eigenvalue weighted by Crippen LogP contribution is 2.54. The SMILES string of the molecule is O=C(c1ccc(N2c3ccccc3Oc3ccccc32)cc1)c1ccc(N2c3ccccc3Oc3ccccc32)cc1.O=C(c1ccc(N2c3ccccc3Oc3ccccc32)cc1)c1ccc(N2c3ccccc3Oc3ccccc32)cc1.